The number of nitrogens with zero attached hydrogens (tertiary/aromatic N) is 1. The fraction of sp³-hybridized carbons (Fsp3) is 0.917. The zero-order chi connectivity index (χ0) is 13.1. The van der Waals surface area contributed by atoms with Gasteiger partial charge in [-0.3, -0.25) is 4.79 Å². The van der Waals surface area contributed by atoms with Crippen LogP contribution in [0.4, 0.5) is 0 Å². The van der Waals surface area contributed by atoms with Gasteiger partial charge < -0.3 is 20.3 Å². The number of hydrogen-bond acceptors (Lipinski definition) is 4. The van der Waals surface area contributed by atoms with E-state index in [1.54, 1.807) is 7.11 Å². The maximum atomic E-state index is 11.4. The summed E-state index contributed by atoms with van der Waals surface area (Å²) in [7, 11) is 3.74. The first-order valence-corrected chi connectivity index (χ1v) is 6.24. The van der Waals surface area contributed by atoms with Crippen LogP contribution in [0.5, 0.6) is 0 Å². The molecule has 0 aliphatic heterocycles. The van der Waals surface area contributed by atoms with Crippen molar-refractivity contribution in [3.63, 3.8) is 0 Å². The molecule has 0 bridgehead atoms. The van der Waals surface area contributed by atoms with E-state index in [9.17, 15) is 4.79 Å². The SMILES string of the molecule is COCCCNC(=O)CNCCN(C)C(C)C. The standard InChI is InChI=1S/C12H27N3O2/c1-11(2)15(3)8-7-13-10-12(16)14-6-5-9-17-4/h11,13H,5-10H2,1-4H3,(H,14,16). The molecule has 0 atom stereocenters. The van der Waals surface area contributed by atoms with Crippen molar-refractivity contribution >= 4 is 5.91 Å². The molecule has 0 aliphatic rings. The van der Waals surface area contributed by atoms with Gasteiger partial charge in [0.2, 0.25) is 5.91 Å². The molecule has 0 fully saturated rings. The van der Waals surface area contributed by atoms with Gasteiger partial charge in [-0.2, -0.15) is 0 Å². The topological polar surface area (TPSA) is 53.6 Å². The van der Waals surface area contributed by atoms with Crippen molar-refractivity contribution < 1.29 is 9.53 Å². The molecule has 2 N–H and O–H groups in total. The summed E-state index contributed by atoms with van der Waals surface area (Å²) in [6.07, 6.45) is 0.859. The summed E-state index contributed by atoms with van der Waals surface area (Å²) in [5.74, 6) is 0.0494. The summed E-state index contributed by atoms with van der Waals surface area (Å²) in [4.78, 5) is 13.6. The van der Waals surface area contributed by atoms with Crippen LogP contribution in [-0.2, 0) is 9.53 Å². The van der Waals surface area contributed by atoms with Gasteiger partial charge in [0.15, 0.2) is 0 Å². The van der Waals surface area contributed by atoms with E-state index in [-0.39, 0.29) is 5.91 Å². The van der Waals surface area contributed by atoms with Crippen molar-refractivity contribution in [3.05, 3.63) is 0 Å². The minimum absolute atomic E-state index is 0.0494. The summed E-state index contributed by atoms with van der Waals surface area (Å²) < 4.78 is 4.90. The predicted octanol–water partition coefficient (Wildman–Crippen LogP) is 0.0689. The molecule has 0 aliphatic carbocycles. The van der Waals surface area contributed by atoms with Crippen molar-refractivity contribution in [3.8, 4) is 0 Å². The van der Waals surface area contributed by atoms with E-state index in [0.717, 1.165) is 19.5 Å². The zero-order valence-electron chi connectivity index (χ0n) is 11.6. The number of carbonyl (C=O) groups excluding carboxylic acids is 1. The number of rotatable bonds is 10. The highest BCUT2D eigenvalue weighted by atomic mass is 16.5. The molecule has 5 nitrogen and oxygen atoms in total. The largest absolute Gasteiger partial charge is 0.385 e. The van der Waals surface area contributed by atoms with Crippen LogP contribution in [0.1, 0.15) is 20.3 Å². The van der Waals surface area contributed by atoms with Crippen LogP contribution in [0.3, 0.4) is 0 Å². The van der Waals surface area contributed by atoms with E-state index in [1.807, 2.05) is 0 Å². The molecular weight excluding hydrogens is 218 g/mol. The maximum Gasteiger partial charge on any atom is 0.233 e. The van der Waals surface area contributed by atoms with Crippen LogP contribution in [-0.4, -0.2) is 63.8 Å². The quantitative estimate of drug-likeness (QED) is 0.535. The maximum absolute atomic E-state index is 11.4. The second kappa shape index (κ2) is 10.5. The monoisotopic (exact) mass is 245 g/mol. The molecule has 0 aromatic carbocycles. The molecule has 5 heteroatoms. The Morgan fingerprint density at radius 2 is 2.06 bits per heavy atom. The summed E-state index contributed by atoms with van der Waals surface area (Å²) in [6, 6.07) is 0.541. The fourth-order valence-corrected chi connectivity index (χ4v) is 1.22. The lowest BCUT2D eigenvalue weighted by Gasteiger charge is -2.20. The normalized spacial score (nSPS) is 11.2. The second-order valence-corrected chi connectivity index (χ2v) is 4.45. The van der Waals surface area contributed by atoms with Gasteiger partial charge in [-0.25, -0.2) is 0 Å². The van der Waals surface area contributed by atoms with Gasteiger partial charge in [-0.1, -0.05) is 0 Å². The Hall–Kier alpha value is -0.650. The van der Waals surface area contributed by atoms with Gasteiger partial charge in [0, 0.05) is 39.4 Å². The first-order valence-electron chi connectivity index (χ1n) is 6.24. The van der Waals surface area contributed by atoms with Gasteiger partial charge in [0.1, 0.15) is 0 Å². The number of ether oxygens (including phenoxy) is 1. The molecule has 0 heterocycles. The molecular formula is C12H27N3O2. The van der Waals surface area contributed by atoms with Crippen molar-refractivity contribution in [2.24, 2.45) is 0 Å². The molecule has 17 heavy (non-hydrogen) atoms. The second-order valence-electron chi connectivity index (χ2n) is 4.45. The number of hydrogen-bond donors (Lipinski definition) is 2. The molecule has 0 radical (unpaired) electrons. The Morgan fingerprint density at radius 3 is 2.65 bits per heavy atom. The van der Waals surface area contributed by atoms with Crippen LogP contribution in [0.2, 0.25) is 0 Å². The number of likely N-dealkylation sites (N-methyl/N-ethyl adjacent to an activating group) is 1. The number of methoxy groups -OCH3 is 1. The summed E-state index contributed by atoms with van der Waals surface area (Å²) in [5.41, 5.74) is 0. The third-order valence-electron chi connectivity index (χ3n) is 2.66. The van der Waals surface area contributed by atoms with Crippen molar-refractivity contribution in [2.45, 2.75) is 26.3 Å². The van der Waals surface area contributed by atoms with Crippen LogP contribution in [0.25, 0.3) is 0 Å². The lowest BCUT2D eigenvalue weighted by molar-refractivity contribution is -0.120. The van der Waals surface area contributed by atoms with E-state index in [0.29, 0.717) is 25.7 Å². The third-order valence-corrected chi connectivity index (χ3v) is 2.66. The highest BCUT2D eigenvalue weighted by Gasteiger charge is 2.03. The molecule has 0 unspecified atom stereocenters. The molecule has 0 aromatic rings. The van der Waals surface area contributed by atoms with Gasteiger partial charge >= 0.3 is 0 Å². The molecule has 0 rings (SSSR count). The smallest absolute Gasteiger partial charge is 0.233 e. The van der Waals surface area contributed by atoms with Crippen LogP contribution in [0.15, 0.2) is 0 Å². The Balaban J connectivity index is 3.33. The highest BCUT2D eigenvalue weighted by Crippen LogP contribution is 1.90. The predicted molar refractivity (Wildman–Crippen MR) is 70.1 cm³/mol. The third kappa shape index (κ3) is 10.2. The van der Waals surface area contributed by atoms with Crippen molar-refractivity contribution in [1.29, 1.82) is 0 Å². The Morgan fingerprint density at radius 1 is 1.35 bits per heavy atom. The summed E-state index contributed by atoms with van der Waals surface area (Å²) >= 11 is 0. The highest BCUT2D eigenvalue weighted by molar-refractivity contribution is 5.77. The van der Waals surface area contributed by atoms with Gasteiger partial charge in [0.25, 0.3) is 0 Å². The van der Waals surface area contributed by atoms with E-state index in [2.05, 4.69) is 36.4 Å². The molecule has 102 valence electrons. The van der Waals surface area contributed by atoms with Crippen molar-refractivity contribution in [1.82, 2.24) is 15.5 Å². The van der Waals surface area contributed by atoms with E-state index in [4.69, 9.17) is 4.74 Å². The van der Waals surface area contributed by atoms with Crippen LogP contribution in [0, 0.1) is 0 Å². The Labute approximate surface area is 105 Å². The molecule has 0 saturated carbocycles. The van der Waals surface area contributed by atoms with E-state index >= 15 is 0 Å². The molecule has 0 spiro atoms. The average molecular weight is 245 g/mol. The molecule has 1 amide bonds. The molecule has 0 saturated heterocycles. The summed E-state index contributed by atoms with van der Waals surface area (Å²) in [5, 5.41) is 5.96. The lowest BCUT2D eigenvalue weighted by Crippen LogP contribution is -2.39. The zero-order valence-corrected chi connectivity index (χ0v) is 11.6. The molecule has 0 aromatic heterocycles. The van der Waals surface area contributed by atoms with Gasteiger partial charge in [-0.05, 0) is 27.3 Å². The van der Waals surface area contributed by atoms with Gasteiger partial charge in [-0.15, -0.1) is 0 Å². The Kier molecular flexibility index (Phi) is 10.1. The van der Waals surface area contributed by atoms with Crippen LogP contribution >= 0.6 is 0 Å². The van der Waals surface area contributed by atoms with E-state index < -0.39 is 0 Å². The Bertz CT molecular complexity index is 198. The first-order chi connectivity index (χ1) is 8.07. The number of amides is 1. The number of carbonyl (C=O) groups is 1. The lowest BCUT2D eigenvalue weighted by atomic mass is 10.3. The minimum atomic E-state index is 0.0494. The number of nitrogens with one attached hydrogen (secondary N) is 2. The minimum Gasteiger partial charge on any atom is -0.385 e. The van der Waals surface area contributed by atoms with E-state index in [1.165, 1.54) is 0 Å². The fourth-order valence-electron chi connectivity index (χ4n) is 1.22. The van der Waals surface area contributed by atoms with Crippen LogP contribution < -0.4 is 10.6 Å². The van der Waals surface area contributed by atoms with Gasteiger partial charge in [0.05, 0.1) is 6.54 Å². The summed E-state index contributed by atoms with van der Waals surface area (Å²) in [6.45, 7) is 7.85. The first kappa shape index (κ1) is 16.4. The van der Waals surface area contributed by atoms with Crippen molar-refractivity contribution in [2.75, 3.05) is 46.9 Å². The average Bonchev–Trinajstić information content (AvgIpc) is 2.29.